The van der Waals surface area contributed by atoms with Gasteiger partial charge in [0, 0.05) is 25.4 Å². The van der Waals surface area contributed by atoms with E-state index in [0.717, 1.165) is 13.1 Å². The normalized spacial score (nSPS) is 23.7. The maximum absolute atomic E-state index is 12.5. The Kier molecular flexibility index (Phi) is 2.97. The zero-order chi connectivity index (χ0) is 13.5. The van der Waals surface area contributed by atoms with Gasteiger partial charge in [-0.25, -0.2) is 0 Å². The van der Waals surface area contributed by atoms with E-state index in [0.29, 0.717) is 17.2 Å². The van der Waals surface area contributed by atoms with Gasteiger partial charge in [-0.3, -0.25) is 0 Å². The van der Waals surface area contributed by atoms with Crippen LogP contribution in [0, 0.1) is 0 Å². The summed E-state index contributed by atoms with van der Waals surface area (Å²) in [5.41, 5.74) is 2.26. The number of rotatable bonds is 2. The average Bonchev–Trinajstić information content (AvgIpc) is 2.76. The molecule has 102 valence electrons. The minimum Gasteiger partial charge on any atom is -0.382 e. The van der Waals surface area contributed by atoms with Gasteiger partial charge in [-0.2, -0.15) is 13.2 Å². The third-order valence-electron chi connectivity index (χ3n) is 3.53. The highest BCUT2D eigenvalue weighted by Gasteiger charge is 2.45. The molecule has 1 fully saturated rings. The largest absolute Gasteiger partial charge is 0.428 e. The molecule has 0 bridgehead atoms. The summed E-state index contributed by atoms with van der Waals surface area (Å²) in [6, 6.07) is 7.53. The third kappa shape index (κ3) is 2.45. The van der Waals surface area contributed by atoms with Crippen molar-refractivity contribution in [1.82, 2.24) is 5.32 Å². The Balaban J connectivity index is 1.70. The van der Waals surface area contributed by atoms with E-state index in [1.165, 1.54) is 5.56 Å². The zero-order valence-corrected chi connectivity index (χ0v) is 10.1. The van der Waals surface area contributed by atoms with Crippen LogP contribution in [0.15, 0.2) is 29.4 Å². The molecule has 3 rings (SSSR count). The molecule has 2 heterocycles. The Bertz CT molecular complexity index is 492. The summed E-state index contributed by atoms with van der Waals surface area (Å²) in [7, 11) is 0. The molecule has 2 aliphatic heterocycles. The highest BCUT2D eigenvalue weighted by molar-refractivity contribution is 6.01. The molecule has 6 heteroatoms. The summed E-state index contributed by atoms with van der Waals surface area (Å²) in [6.07, 6.45) is -6.38. The SMILES string of the molecule is FC(F)(F)C1CC(c2ccc(C3CNC3)cc2)=NO1. The molecule has 1 atom stereocenters. The molecular formula is C13H13F3N2O. The third-order valence-corrected chi connectivity index (χ3v) is 3.53. The van der Waals surface area contributed by atoms with Crippen molar-refractivity contribution < 1.29 is 18.0 Å². The van der Waals surface area contributed by atoms with E-state index in [1.54, 1.807) is 0 Å². The molecule has 1 aromatic carbocycles. The van der Waals surface area contributed by atoms with E-state index < -0.39 is 12.3 Å². The summed E-state index contributed by atoms with van der Waals surface area (Å²) in [6.45, 7) is 1.92. The Morgan fingerprint density at radius 1 is 1.16 bits per heavy atom. The van der Waals surface area contributed by atoms with Gasteiger partial charge >= 0.3 is 6.18 Å². The summed E-state index contributed by atoms with van der Waals surface area (Å²) >= 11 is 0. The van der Waals surface area contributed by atoms with Crippen molar-refractivity contribution in [3.05, 3.63) is 35.4 Å². The zero-order valence-electron chi connectivity index (χ0n) is 10.1. The maximum atomic E-state index is 12.5. The van der Waals surface area contributed by atoms with Gasteiger partial charge in [0.1, 0.15) is 0 Å². The monoisotopic (exact) mass is 270 g/mol. The number of hydrogen-bond donors (Lipinski definition) is 1. The quantitative estimate of drug-likeness (QED) is 0.895. The van der Waals surface area contributed by atoms with Gasteiger partial charge in [0.05, 0.1) is 5.71 Å². The number of hydrogen-bond acceptors (Lipinski definition) is 3. The van der Waals surface area contributed by atoms with E-state index in [1.807, 2.05) is 24.3 Å². The van der Waals surface area contributed by atoms with Crippen LogP contribution in [0.4, 0.5) is 13.2 Å². The molecule has 1 unspecified atom stereocenters. The number of halogens is 3. The van der Waals surface area contributed by atoms with E-state index in [9.17, 15) is 13.2 Å². The summed E-state index contributed by atoms with van der Waals surface area (Å²) < 4.78 is 37.4. The van der Waals surface area contributed by atoms with Gasteiger partial charge in [-0.05, 0) is 11.1 Å². The molecule has 2 aliphatic rings. The lowest BCUT2D eigenvalue weighted by Crippen LogP contribution is -2.39. The average molecular weight is 270 g/mol. The predicted molar refractivity (Wildman–Crippen MR) is 64.1 cm³/mol. The molecule has 0 saturated carbocycles. The number of alkyl halides is 3. The van der Waals surface area contributed by atoms with Crippen LogP contribution in [0.3, 0.4) is 0 Å². The van der Waals surface area contributed by atoms with E-state index >= 15 is 0 Å². The molecule has 19 heavy (non-hydrogen) atoms. The molecule has 0 spiro atoms. The minimum absolute atomic E-state index is 0.214. The van der Waals surface area contributed by atoms with E-state index in [2.05, 4.69) is 15.3 Å². The topological polar surface area (TPSA) is 33.6 Å². The number of benzene rings is 1. The van der Waals surface area contributed by atoms with Crippen LogP contribution in [-0.2, 0) is 4.84 Å². The van der Waals surface area contributed by atoms with Crippen molar-refractivity contribution in [3.8, 4) is 0 Å². The standard InChI is InChI=1S/C13H13F3N2O/c14-13(15,16)12-5-11(18-19-12)9-3-1-8(2-4-9)10-6-17-7-10/h1-4,10,12,17H,5-7H2. The first-order valence-electron chi connectivity index (χ1n) is 6.14. The van der Waals surface area contributed by atoms with Gasteiger partial charge in [0.25, 0.3) is 0 Å². The highest BCUT2D eigenvalue weighted by Crippen LogP contribution is 2.31. The van der Waals surface area contributed by atoms with Crippen LogP contribution in [0.5, 0.6) is 0 Å². The Hall–Kier alpha value is -1.56. The molecule has 1 N–H and O–H groups in total. The second-order valence-electron chi connectivity index (χ2n) is 4.85. The molecule has 3 nitrogen and oxygen atoms in total. The Morgan fingerprint density at radius 2 is 1.84 bits per heavy atom. The van der Waals surface area contributed by atoms with Gasteiger partial charge in [-0.15, -0.1) is 0 Å². The molecule has 0 amide bonds. The molecule has 1 aromatic rings. The fourth-order valence-electron chi connectivity index (χ4n) is 2.20. The Labute approximate surface area is 108 Å². The first-order chi connectivity index (χ1) is 9.04. The van der Waals surface area contributed by atoms with Crippen molar-refractivity contribution in [2.75, 3.05) is 13.1 Å². The predicted octanol–water partition coefficient (Wildman–Crippen LogP) is 2.43. The number of nitrogens with zero attached hydrogens (tertiary/aromatic N) is 1. The van der Waals surface area contributed by atoms with Crippen molar-refractivity contribution in [1.29, 1.82) is 0 Å². The van der Waals surface area contributed by atoms with Crippen LogP contribution in [0.1, 0.15) is 23.5 Å². The van der Waals surface area contributed by atoms with Crippen LogP contribution in [0.25, 0.3) is 0 Å². The van der Waals surface area contributed by atoms with Crippen molar-refractivity contribution in [2.24, 2.45) is 5.16 Å². The Morgan fingerprint density at radius 3 is 2.32 bits per heavy atom. The van der Waals surface area contributed by atoms with Crippen LogP contribution in [-0.4, -0.2) is 31.1 Å². The molecule has 0 aromatic heterocycles. The van der Waals surface area contributed by atoms with Gasteiger partial charge in [-0.1, -0.05) is 29.4 Å². The lowest BCUT2D eigenvalue weighted by atomic mass is 9.92. The molecular weight excluding hydrogens is 257 g/mol. The van der Waals surface area contributed by atoms with Gasteiger partial charge < -0.3 is 10.2 Å². The lowest BCUT2D eigenvalue weighted by Gasteiger charge is -2.27. The summed E-state index contributed by atoms with van der Waals surface area (Å²) in [5.74, 6) is 0.513. The van der Waals surface area contributed by atoms with E-state index in [4.69, 9.17) is 0 Å². The van der Waals surface area contributed by atoms with Crippen LogP contribution in [0.2, 0.25) is 0 Å². The highest BCUT2D eigenvalue weighted by atomic mass is 19.4. The van der Waals surface area contributed by atoms with E-state index in [-0.39, 0.29) is 6.42 Å². The van der Waals surface area contributed by atoms with Gasteiger partial charge in [0.2, 0.25) is 6.10 Å². The second-order valence-corrected chi connectivity index (χ2v) is 4.85. The van der Waals surface area contributed by atoms with Gasteiger partial charge in [0.15, 0.2) is 0 Å². The minimum atomic E-state index is -4.36. The fraction of sp³-hybridized carbons (Fsp3) is 0.462. The number of oxime groups is 1. The molecule has 1 saturated heterocycles. The first-order valence-corrected chi connectivity index (χ1v) is 6.14. The van der Waals surface area contributed by atoms with Crippen molar-refractivity contribution in [3.63, 3.8) is 0 Å². The number of nitrogens with one attached hydrogen (secondary N) is 1. The van der Waals surface area contributed by atoms with Crippen molar-refractivity contribution >= 4 is 5.71 Å². The molecule has 0 radical (unpaired) electrons. The summed E-state index contributed by atoms with van der Waals surface area (Å²) in [5, 5.41) is 6.73. The van der Waals surface area contributed by atoms with Crippen LogP contribution < -0.4 is 5.32 Å². The second kappa shape index (κ2) is 4.52. The summed E-state index contributed by atoms with van der Waals surface area (Å²) in [4.78, 5) is 4.45. The first kappa shape index (κ1) is 12.5. The molecule has 0 aliphatic carbocycles. The smallest absolute Gasteiger partial charge is 0.382 e. The van der Waals surface area contributed by atoms with Crippen LogP contribution >= 0.6 is 0 Å². The maximum Gasteiger partial charge on any atom is 0.428 e. The lowest BCUT2D eigenvalue weighted by molar-refractivity contribution is -0.212. The fourth-order valence-corrected chi connectivity index (χ4v) is 2.20. The van der Waals surface area contributed by atoms with Crippen molar-refractivity contribution in [2.45, 2.75) is 24.6 Å².